The van der Waals surface area contributed by atoms with Crippen LogP contribution in [0.1, 0.15) is 27.2 Å². The van der Waals surface area contributed by atoms with Gasteiger partial charge in [-0.2, -0.15) is 5.10 Å². The molecule has 0 aliphatic carbocycles. The molecule has 0 spiro atoms. The molecular weight excluding hydrogens is 525 g/mol. The van der Waals surface area contributed by atoms with E-state index in [2.05, 4.69) is 35.8 Å². The molecule has 0 atom stereocenters. The van der Waals surface area contributed by atoms with E-state index in [0.29, 0.717) is 30.0 Å². The van der Waals surface area contributed by atoms with Crippen molar-refractivity contribution in [3.8, 4) is 22.4 Å². The standard InChI is InChI=1S/C31H32FN5O2S/c1-31(2,3)37-21-28(30(36-37)25-10-6-11-26(32)18-25)24-14-17-34-29(20-24)33-15-7-16-35-40(38,39)27-13-12-22-8-4-5-9-23(22)19-27/h4-6,8-14,17-21,35H,7,15-16H2,1-3H3,(H,33,34). The molecule has 3 aromatic carbocycles. The van der Waals surface area contributed by atoms with E-state index in [9.17, 15) is 12.8 Å². The highest BCUT2D eigenvalue weighted by Crippen LogP contribution is 2.34. The van der Waals surface area contributed by atoms with Crippen LogP contribution in [0.4, 0.5) is 10.2 Å². The average Bonchev–Trinajstić information content (AvgIpc) is 3.39. The van der Waals surface area contributed by atoms with Crippen molar-refractivity contribution in [1.82, 2.24) is 19.5 Å². The summed E-state index contributed by atoms with van der Waals surface area (Å²) >= 11 is 0. The highest BCUT2D eigenvalue weighted by Gasteiger charge is 2.21. The Bertz CT molecular complexity index is 1760. The molecule has 0 aliphatic rings. The number of aromatic nitrogens is 3. The van der Waals surface area contributed by atoms with Gasteiger partial charge in [0.1, 0.15) is 17.3 Å². The summed E-state index contributed by atoms with van der Waals surface area (Å²) in [7, 11) is -3.61. The predicted molar refractivity (Wildman–Crippen MR) is 158 cm³/mol. The Labute approximate surface area is 234 Å². The Kier molecular flexibility index (Phi) is 7.69. The number of rotatable bonds is 9. The fraction of sp³-hybridized carbons (Fsp3) is 0.226. The van der Waals surface area contributed by atoms with Crippen molar-refractivity contribution in [3.05, 3.63) is 97.1 Å². The number of nitrogens with zero attached hydrogens (tertiary/aromatic N) is 3. The topological polar surface area (TPSA) is 88.9 Å². The molecule has 2 heterocycles. The summed E-state index contributed by atoms with van der Waals surface area (Å²) in [6.45, 7) is 6.99. The van der Waals surface area contributed by atoms with Gasteiger partial charge in [0.2, 0.25) is 10.0 Å². The number of sulfonamides is 1. The fourth-order valence-electron chi connectivity index (χ4n) is 4.40. The first-order valence-electron chi connectivity index (χ1n) is 13.1. The van der Waals surface area contributed by atoms with Crippen molar-refractivity contribution in [1.29, 1.82) is 0 Å². The van der Waals surface area contributed by atoms with E-state index in [1.54, 1.807) is 24.4 Å². The molecule has 0 saturated carbocycles. The zero-order valence-electron chi connectivity index (χ0n) is 22.7. The number of benzene rings is 3. The van der Waals surface area contributed by atoms with E-state index in [1.165, 1.54) is 12.1 Å². The van der Waals surface area contributed by atoms with Crippen molar-refractivity contribution in [3.63, 3.8) is 0 Å². The molecule has 9 heteroatoms. The predicted octanol–water partition coefficient (Wildman–Crippen LogP) is 6.44. The largest absolute Gasteiger partial charge is 0.370 e. The summed E-state index contributed by atoms with van der Waals surface area (Å²) in [5, 5.41) is 9.95. The number of fused-ring (bicyclic) bond motifs is 1. The van der Waals surface area contributed by atoms with Crippen LogP contribution in [0.25, 0.3) is 33.2 Å². The van der Waals surface area contributed by atoms with Gasteiger partial charge in [0.15, 0.2) is 0 Å². The van der Waals surface area contributed by atoms with Crippen LogP contribution < -0.4 is 10.0 Å². The first-order valence-corrected chi connectivity index (χ1v) is 14.6. The first kappa shape index (κ1) is 27.5. The van der Waals surface area contributed by atoms with Gasteiger partial charge in [-0.25, -0.2) is 22.5 Å². The number of hydrogen-bond acceptors (Lipinski definition) is 5. The van der Waals surface area contributed by atoms with Gasteiger partial charge < -0.3 is 5.32 Å². The molecule has 2 aromatic heterocycles. The summed E-state index contributed by atoms with van der Waals surface area (Å²) in [5.74, 6) is 0.339. The van der Waals surface area contributed by atoms with E-state index < -0.39 is 10.0 Å². The Balaban J connectivity index is 1.25. The van der Waals surface area contributed by atoms with Crippen molar-refractivity contribution in [2.75, 3.05) is 18.4 Å². The highest BCUT2D eigenvalue weighted by molar-refractivity contribution is 7.89. The Morgan fingerprint density at radius 2 is 1.68 bits per heavy atom. The maximum absolute atomic E-state index is 14.0. The molecule has 5 rings (SSSR count). The summed E-state index contributed by atoms with van der Waals surface area (Å²) in [6.07, 6.45) is 4.25. The van der Waals surface area contributed by atoms with Crippen molar-refractivity contribution in [2.24, 2.45) is 0 Å². The van der Waals surface area contributed by atoms with Gasteiger partial charge in [0, 0.05) is 36.6 Å². The fourth-order valence-corrected chi connectivity index (χ4v) is 5.51. The lowest BCUT2D eigenvalue weighted by Crippen LogP contribution is -2.26. The van der Waals surface area contributed by atoms with Crippen LogP contribution in [-0.4, -0.2) is 36.3 Å². The summed E-state index contributed by atoms with van der Waals surface area (Å²) in [5.41, 5.74) is 2.89. The Morgan fingerprint density at radius 3 is 2.45 bits per heavy atom. The first-order chi connectivity index (χ1) is 19.1. The highest BCUT2D eigenvalue weighted by atomic mass is 32.2. The van der Waals surface area contributed by atoms with E-state index in [-0.39, 0.29) is 22.8 Å². The van der Waals surface area contributed by atoms with Gasteiger partial charge in [-0.05, 0) is 79.9 Å². The number of anilines is 1. The second-order valence-corrected chi connectivity index (χ2v) is 12.4. The van der Waals surface area contributed by atoms with Gasteiger partial charge in [-0.15, -0.1) is 0 Å². The van der Waals surface area contributed by atoms with Crippen molar-refractivity contribution < 1.29 is 12.8 Å². The number of nitrogens with one attached hydrogen (secondary N) is 2. The third-order valence-corrected chi connectivity index (χ3v) is 8.01. The molecule has 0 radical (unpaired) electrons. The van der Waals surface area contributed by atoms with Crippen LogP contribution >= 0.6 is 0 Å². The average molecular weight is 558 g/mol. The maximum Gasteiger partial charge on any atom is 0.240 e. The van der Waals surface area contributed by atoms with Gasteiger partial charge in [-0.1, -0.05) is 42.5 Å². The van der Waals surface area contributed by atoms with Crippen molar-refractivity contribution >= 4 is 26.6 Å². The number of halogens is 1. The molecule has 5 aromatic rings. The monoisotopic (exact) mass is 557 g/mol. The smallest absolute Gasteiger partial charge is 0.240 e. The number of hydrogen-bond donors (Lipinski definition) is 2. The van der Waals surface area contributed by atoms with E-state index in [1.807, 2.05) is 59.4 Å². The zero-order chi connectivity index (χ0) is 28.3. The minimum atomic E-state index is -3.61. The summed E-state index contributed by atoms with van der Waals surface area (Å²) in [6, 6.07) is 23.0. The quantitative estimate of drug-likeness (QED) is 0.204. The lowest BCUT2D eigenvalue weighted by Gasteiger charge is -2.18. The van der Waals surface area contributed by atoms with Gasteiger partial charge in [-0.3, -0.25) is 4.68 Å². The van der Waals surface area contributed by atoms with E-state index >= 15 is 0 Å². The molecular formula is C31H32FN5O2S. The van der Waals surface area contributed by atoms with Gasteiger partial charge in [0.25, 0.3) is 0 Å². The molecule has 0 bridgehead atoms. The van der Waals surface area contributed by atoms with Crippen LogP contribution in [0.2, 0.25) is 0 Å². The van der Waals surface area contributed by atoms with Gasteiger partial charge >= 0.3 is 0 Å². The Hall–Kier alpha value is -4.08. The molecule has 2 N–H and O–H groups in total. The number of pyridine rings is 1. The van der Waals surface area contributed by atoms with Crippen molar-refractivity contribution in [2.45, 2.75) is 37.6 Å². The van der Waals surface area contributed by atoms with Crippen LogP contribution in [0.3, 0.4) is 0 Å². The third-order valence-electron chi connectivity index (χ3n) is 6.55. The minimum Gasteiger partial charge on any atom is -0.370 e. The minimum absolute atomic E-state index is 0.249. The molecule has 40 heavy (non-hydrogen) atoms. The molecule has 206 valence electrons. The molecule has 0 fully saturated rings. The maximum atomic E-state index is 14.0. The second kappa shape index (κ2) is 11.2. The zero-order valence-corrected chi connectivity index (χ0v) is 23.5. The van der Waals surface area contributed by atoms with Gasteiger partial charge in [0.05, 0.1) is 10.4 Å². The molecule has 0 saturated heterocycles. The van der Waals surface area contributed by atoms with E-state index in [0.717, 1.165) is 21.9 Å². The van der Waals surface area contributed by atoms with E-state index in [4.69, 9.17) is 5.10 Å². The lowest BCUT2D eigenvalue weighted by molar-refractivity contribution is 0.356. The Morgan fingerprint density at radius 1 is 0.875 bits per heavy atom. The van der Waals surface area contributed by atoms with Crippen LogP contribution in [0, 0.1) is 5.82 Å². The second-order valence-electron chi connectivity index (χ2n) is 10.6. The van der Waals surface area contributed by atoms with Crippen LogP contribution in [0.5, 0.6) is 0 Å². The molecule has 0 unspecified atom stereocenters. The molecule has 0 amide bonds. The third kappa shape index (κ3) is 6.21. The molecule has 7 nitrogen and oxygen atoms in total. The summed E-state index contributed by atoms with van der Waals surface area (Å²) < 4.78 is 44.2. The van der Waals surface area contributed by atoms with Crippen LogP contribution in [-0.2, 0) is 15.6 Å². The molecule has 0 aliphatic heterocycles. The summed E-state index contributed by atoms with van der Waals surface area (Å²) in [4.78, 5) is 4.67. The SMILES string of the molecule is CC(C)(C)n1cc(-c2ccnc(NCCCNS(=O)(=O)c3ccc4ccccc4c3)c2)c(-c2cccc(F)c2)n1. The lowest BCUT2D eigenvalue weighted by atomic mass is 10.0. The normalized spacial score (nSPS) is 12.1. The van der Waals surface area contributed by atoms with Crippen LogP contribution in [0.15, 0.2) is 96.2 Å².